The Balaban J connectivity index is 1.33. The van der Waals surface area contributed by atoms with Gasteiger partial charge in [0.2, 0.25) is 0 Å². The first-order valence-electron chi connectivity index (χ1n) is 15.3. The summed E-state index contributed by atoms with van der Waals surface area (Å²) >= 11 is 0. The van der Waals surface area contributed by atoms with E-state index in [2.05, 4.69) is 87.0 Å². The van der Waals surface area contributed by atoms with Crippen LogP contribution in [0, 0.1) is 23.2 Å². The van der Waals surface area contributed by atoms with E-state index in [9.17, 15) is 0 Å². The smallest absolute Gasteiger partial charge is 0.414 e. The average Bonchev–Trinajstić information content (AvgIpc) is 3.16. The lowest BCUT2D eigenvalue weighted by molar-refractivity contribution is -0.249. The summed E-state index contributed by atoms with van der Waals surface area (Å²) in [5.41, 5.74) is 2.30. The number of nitrogens with zero attached hydrogens (tertiary/aromatic N) is 2. The molecule has 5 fully saturated rings. The van der Waals surface area contributed by atoms with Crippen LogP contribution in [-0.4, -0.2) is 55.2 Å². The number of hydrogen-bond acceptors (Lipinski definition) is 5. The molecule has 1 aromatic rings. The van der Waals surface area contributed by atoms with Gasteiger partial charge in [-0.15, -0.1) is 0 Å². The maximum atomic E-state index is 6.93. The Bertz CT molecular complexity index is 1070. The van der Waals surface area contributed by atoms with Crippen molar-refractivity contribution in [1.29, 1.82) is 0 Å². The van der Waals surface area contributed by atoms with Crippen LogP contribution in [0.15, 0.2) is 6.20 Å². The zero-order valence-corrected chi connectivity index (χ0v) is 28.0. The molecule has 8 heteroatoms. The highest BCUT2D eigenvalue weighted by atomic mass is 28.4. The molecule has 39 heavy (non-hydrogen) atoms. The van der Waals surface area contributed by atoms with Crippen molar-refractivity contribution in [1.82, 2.24) is 9.78 Å². The van der Waals surface area contributed by atoms with Gasteiger partial charge in [-0.3, -0.25) is 4.68 Å². The lowest BCUT2D eigenvalue weighted by Gasteiger charge is -2.69. The van der Waals surface area contributed by atoms with Crippen LogP contribution in [0.3, 0.4) is 0 Å². The third-order valence-electron chi connectivity index (χ3n) is 11.5. The van der Waals surface area contributed by atoms with Crippen molar-refractivity contribution in [2.45, 2.75) is 149 Å². The maximum absolute atomic E-state index is 6.93. The SMILES string of the molecule is Cc1c(B2OC(C)(C)C(C)(C)O2)cnn1CC12CC3(OCCO[Si](C)(C)C(C)(C)C)C[C@](C)(C1)C[C@](C)(C2)C3. The van der Waals surface area contributed by atoms with Crippen LogP contribution in [0.5, 0.6) is 0 Å². The average molecular weight is 559 g/mol. The number of hydrogen-bond donors (Lipinski definition) is 0. The van der Waals surface area contributed by atoms with E-state index in [0.29, 0.717) is 24.0 Å². The molecule has 2 unspecified atom stereocenters. The van der Waals surface area contributed by atoms with E-state index in [1.54, 1.807) is 0 Å². The second kappa shape index (κ2) is 8.92. The monoisotopic (exact) mass is 558 g/mol. The number of rotatable bonds is 8. The number of aromatic nitrogens is 2. The first kappa shape index (κ1) is 29.8. The van der Waals surface area contributed by atoms with E-state index >= 15 is 0 Å². The van der Waals surface area contributed by atoms with Crippen LogP contribution in [0.4, 0.5) is 0 Å². The van der Waals surface area contributed by atoms with E-state index in [1.807, 2.05) is 6.20 Å². The van der Waals surface area contributed by atoms with Crippen LogP contribution in [0.25, 0.3) is 0 Å². The minimum atomic E-state index is -1.77. The molecule has 0 spiro atoms. The summed E-state index contributed by atoms with van der Waals surface area (Å²) in [5.74, 6) is 0. The Hall–Kier alpha value is -0.668. The van der Waals surface area contributed by atoms with Crippen molar-refractivity contribution in [3.63, 3.8) is 0 Å². The highest BCUT2D eigenvalue weighted by Crippen LogP contribution is 2.72. The summed E-state index contributed by atoms with van der Waals surface area (Å²) in [6.45, 7) is 29.6. The van der Waals surface area contributed by atoms with Crippen LogP contribution in [0.1, 0.15) is 107 Å². The Labute approximate surface area is 239 Å². The predicted octanol–water partition coefficient (Wildman–Crippen LogP) is 6.65. The van der Waals surface area contributed by atoms with Crippen molar-refractivity contribution in [2.75, 3.05) is 13.2 Å². The molecule has 1 saturated heterocycles. The van der Waals surface area contributed by atoms with Gasteiger partial charge < -0.3 is 18.5 Å². The molecular formula is C31H55BN2O4Si. The van der Waals surface area contributed by atoms with Crippen LogP contribution >= 0.6 is 0 Å². The zero-order chi connectivity index (χ0) is 28.9. The Morgan fingerprint density at radius 2 is 1.46 bits per heavy atom. The molecule has 6 rings (SSSR count). The summed E-state index contributed by atoms with van der Waals surface area (Å²) < 4.78 is 28.4. The molecule has 0 amide bonds. The molecule has 4 saturated carbocycles. The fraction of sp³-hybridized carbons (Fsp3) is 0.903. The van der Waals surface area contributed by atoms with Crippen LogP contribution in [-0.2, 0) is 25.0 Å². The first-order chi connectivity index (χ1) is 17.6. The molecular weight excluding hydrogens is 503 g/mol. The largest absolute Gasteiger partial charge is 0.498 e. The molecule has 4 bridgehead atoms. The van der Waals surface area contributed by atoms with Gasteiger partial charge in [0.1, 0.15) is 0 Å². The third-order valence-corrected chi connectivity index (χ3v) is 16.1. The van der Waals surface area contributed by atoms with Gasteiger partial charge in [0.15, 0.2) is 8.32 Å². The number of ether oxygens (including phenoxy) is 1. The second-order valence-electron chi connectivity index (χ2n) is 17.3. The standard InChI is InChI=1S/C31H55BN2O4Si/c1-23-24(32-37-26(5,6)27(7,8)38-32)15-33-34(23)22-30-17-28(9)16-29(10,18-30)20-31(19-28,21-30)35-13-14-36-39(11,12)25(2,3)4/h15H,13-14,16-22H2,1-12H3/t28-,29+,30?,31?. The molecule has 1 aliphatic heterocycles. The summed E-state index contributed by atoms with van der Waals surface area (Å²) in [5, 5.41) is 5.15. The third kappa shape index (κ3) is 5.24. The van der Waals surface area contributed by atoms with Crippen molar-refractivity contribution < 1.29 is 18.5 Å². The molecule has 0 aromatic carbocycles. The first-order valence-corrected chi connectivity index (χ1v) is 18.2. The van der Waals surface area contributed by atoms with Crippen LogP contribution in [0.2, 0.25) is 18.1 Å². The van der Waals surface area contributed by atoms with Gasteiger partial charge in [0.05, 0.1) is 30.0 Å². The highest BCUT2D eigenvalue weighted by Gasteiger charge is 2.66. The van der Waals surface area contributed by atoms with E-state index < -0.39 is 8.32 Å². The van der Waals surface area contributed by atoms with Crippen molar-refractivity contribution in [3.05, 3.63) is 11.9 Å². The lowest BCUT2D eigenvalue weighted by Crippen LogP contribution is -2.64. The van der Waals surface area contributed by atoms with Gasteiger partial charge in [0.25, 0.3) is 0 Å². The van der Waals surface area contributed by atoms with Crippen LogP contribution < -0.4 is 5.46 Å². The molecule has 0 radical (unpaired) electrons. The van der Waals surface area contributed by atoms with E-state index in [0.717, 1.165) is 24.1 Å². The zero-order valence-electron chi connectivity index (χ0n) is 27.0. The van der Waals surface area contributed by atoms with Gasteiger partial charge in [-0.2, -0.15) is 5.10 Å². The van der Waals surface area contributed by atoms with Gasteiger partial charge in [-0.05, 0) is 108 Å². The van der Waals surface area contributed by atoms with Gasteiger partial charge >= 0.3 is 7.12 Å². The summed E-state index contributed by atoms with van der Waals surface area (Å²) in [6.07, 6.45) is 9.27. The molecule has 4 aliphatic carbocycles. The van der Waals surface area contributed by atoms with E-state index in [4.69, 9.17) is 23.6 Å². The molecule has 1 aromatic heterocycles. The molecule has 0 N–H and O–H groups in total. The molecule has 2 heterocycles. The maximum Gasteiger partial charge on any atom is 0.498 e. The van der Waals surface area contributed by atoms with E-state index in [-0.39, 0.29) is 34.4 Å². The van der Waals surface area contributed by atoms with Crippen molar-refractivity contribution in [2.24, 2.45) is 16.2 Å². The Morgan fingerprint density at radius 3 is 2.00 bits per heavy atom. The molecule has 5 aliphatic rings. The molecule has 4 atom stereocenters. The summed E-state index contributed by atoms with van der Waals surface area (Å²) in [7, 11) is -2.14. The minimum Gasteiger partial charge on any atom is -0.414 e. The summed E-state index contributed by atoms with van der Waals surface area (Å²) in [4.78, 5) is 0. The van der Waals surface area contributed by atoms with Crippen molar-refractivity contribution in [3.8, 4) is 0 Å². The summed E-state index contributed by atoms with van der Waals surface area (Å²) in [6, 6.07) is 0. The van der Waals surface area contributed by atoms with Gasteiger partial charge in [-0.1, -0.05) is 34.6 Å². The second-order valence-corrected chi connectivity index (χ2v) is 22.1. The normalized spacial score (nSPS) is 37.2. The topological polar surface area (TPSA) is 54.7 Å². The Kier molecular flexibility index (Phi) is 6.82. The Morgan fingerprint density at radius 1 is 0.897 bits per heavy atom. The fourth-order valence-corrected chi connectivity index (χ4v) is 10.1. The minimum absolute atomic E-state index is 0.0509. The van der Waals surface area contributed by atoms with Gasteiger partial charge in [-0.25, -0.2) is 0 Å². The van der Waals surface area contributed by atoms with Gasteiger partial charge in [0, 0.05) is 23.9 Å². The highest BCUT2D eigenvalue weighted by molar-refractivity contribution is 6.74. The van der Waals surface area contributed by atoms with Crippen molar-refractivity contribution >= 4 is 20.9 Å². The molecule has 220 valence electrons. The quantitative estimate of drug-likeness (QED) is 0.264. The fourth-order valence-electron chi connectivity index (χ4n) is 9.06. The molecule has 6 nitrogen and oxygen atoms in total. The van der Waals surface area contributed by atoms with E-state index in [1.165, 1.54) is 32.1 Å². The lowest BCUT2D eigenvalue weighted by atomic mass is 9.39. The predicted molar refractivity (Wildman–Crippen MR) is 161 cm³/mol.